The lowest BCUT2D eigenvalue weighted by atomic mass is 10.1. The first kappa shape index (κ1) is 16.8. The highest BCUT2D eigenvalue weighted by Gasteiger charge is 2.43. The second-order valence-electron chi connectivity index (χ2n) is 6.69. The van der Waals surface area contributed by atoms with Gasteiger partial charge < -0.3 is 4.98 Å². The Morgan fingerprint density at radius 2 is 1.22 bits per heavy atom. The first-order valence-corrected chi connectivity index (χ1v) is 10.7. The molecule has 4 aromatic rings. The van der Waals surface area contributed by atoms with Gasteiger partial charge in [0.25, 0.3) is 0 Å². The van der Waals surface area contributed by atoms with E-state index < -0.39 is 0 Å². The van der Waals surface area contributed by atoms with Gasteiger partial charge in [0.1, 0.15) is 4.08 Å². The SMILES string of the molecule is c1ccc(Cc2ccc(C3(c4ccccc4)Sc4ccccc4S3)[nH]2)cc1. The summed E-state index contributed by atoms with van der Waals surface area (Å²) in [6.45, 7) is 0. The summed E-state index contributed by atoms with van der Waals surface area (Å²) < 4.78 is -0.167. The topological polar surface area (TPSA) is 15.8 Å². The minimum absolute atomic E-state index is 0.167. The van der Waals surface area contributed by atoms with Gasteiger partial charge in [0.05, 0.1) is 0 Å². The van der Waals surface area contributed by atoms with Crippen LogP contribution in [0.2, 0.25) is 0 Å². The fraction of sp³-hybridized carbons (Fsp3) is 0.0833. The van der Waals surface area contributed by atoms with Gasteiger partial charge in [0.15, 0.2) is 0 Å². The van der Waals surface area contributed by atoms with Crippen LogP contribution in [0.4, 0.5) is 0 Å². The molecule has 2 heterocycles. The predicted molar refractivity (Wildman–Crippen MR) is 115 cm³/mol. The molecule has 5 rings (SSSR count). The van der Waals surface area contributed by atoms with Crippen molar-refractivity contribution in [3.05, 3.63) is 120 Å². The fourth-order valence-corrected chi connectivity index (χ4v) is 6.71. The summed E-state index contributed by atoms with van der Waals surface area (Å²) in [4.78, 5) is 6.44. The second kappa shape index (κ2) is 6.99. The molecule has 0 aliphatic carbocycles. The van der Waals surface area contributed by atoms with Gasteiger partial charge in [-0.15, -0.1) is 0 Å². The summed E-state index contributed by atoms with van der Waals surface area (Å²) in [5.41, 5.74) is 5.16. The van der Waals surface area contributed by atoms with E-state index in [1.54, 1.807) is 0 Å². The van der Waals surface area contributed by atoms with Crippen LogP contribution in [0.15, 0.2) is 107 Å². The highest BCUT2D eigenvalue weighted by Crippen LogP contribution is 2.64. The predicted octanol–water partition coefficient (Wildman–Crippen LogP) is 6.70. The van der Waals surface area contributed by atoms with Crippen LogP contribution in [-0.4, -0.2) is 4.98 Å². The van der Waals surface area contributed by atoms with Gasteiger partial charge >= 0.3 is 0 Å². The van der Waals surface area contributed by atoms with Gasteiger partial charge in [-0.1, -0.05) is 96.3 Å². The van der Waals surface area contributed by atoms with E-state index >= 15 is 0 Å². The maximum Gasteiger partial charge on any atom is 0.135 e. The third-order valence-electron chi connectivity index (χ3n) is 4.85. The Kier molecular flexibility index (Phi) is 4.35. The Morgan fingerprint density at radius 1 is 0.630 bits per heavy atom. The first-order valence-electron chi connectivity index (χ1n) is 9.08. The molecule has 1 aromatic heterocycles. The molecule has 0 saturated heterocycles. The van der Waals surface area contributed by atoms with Crippen molar-refractivity contribution in [1.29, 1.82) is 0 Å². The molecule has 0 saturated carbocycles. The molecule has 0 spiro atoms. The summed E-state index contributed by atoms with van der Waals surface area (Å²) in [6.07, 6.45) is 0.925. The van der Waals surface area contributed by atoms with Crippen molar-refractivity contribution >= 4 is 23.5 Å². The second-order valence-corrected chi connectivity index (χ2v) is 9.46. The number of benzene rings is 3. The van der Waals surface area contributed by atoms with Gasteiger partial charge in [0, 0.05) is 27.6 Å². The van der Waals surface area contributed by atoms with Crippen molar-refractivity contribution in [3.8, 4) is 0 Å². The zero-order chi connectivity index (χ0) is 18.1. The molecule has 0 fully saturated rings. The van der Waals surface area contributed by atoms with E-state index in [4.69, 9.17) is 0 Å². The summed E-state index contributed by atoms with van der Waals surface area (Å²) in [6, 6.07) is 34.7. The number of aromatic amines is 1. The molecular weight excluding hydrogens is 366 g/mol. The van der Waals surface area contributed by atoms with Crippen LogP contribution in [-0.2, 0) is 10.5 Å². The largest absolute Gasteiger partial charge is 0.360 e. The summed E-state index contributed by atoms with van der Waals surface area (Å²) in [5.74, 6) is 0. The molecular formula is C24H19NS2. The monoisotopic (exact) mass is 385 g/mol. The van der Waals surface area contributed by atoms with E-state index in [1.807, 2.05) is 23.5 Å². The normalized spacial score (nSPS) is 14.8. The molecule has 1 nitrogen and oxygen atoms in total. The number of thioether (sulfide) groups is 2. The summed E-state index contributed by atoms with van der Waals surface area (Å²) in [5, 5.41) is 0. The number of rotatable bonds is 4. The lowest BCUT2D eigenvalue weighted by Crippen LogP contribution is -2.17. The van der Waals surface area contributed by atoms with Crippen LogP contribution >= 0.6 is 23.5 Å². The average Bonchev–Trinajstić information content (AvgIpc) is 3.35. The minimum Gasteiger partial charge on any atom is -0.360 e. The van der Waals surface area contributed by atoms with Crippen molar-refractivity contribution in [1.82, 2.24) is 4.98 Å². The lowest BCUT2D eigenvalue weighted by molar-refractivity contribution is 0.982. The van der Waals surface area contributed by atoms with Gasteiger partial charge in [-0.05, 0) is 35.4 Å². The Bertz CT molecular complexity index is 1030. The van der Waals surface area contributed by atoms with Crippen molar-refractivity contribution < 1.29 is 0 Å². The van der Waals surface area contributed by atoms with Crippen LogP contribution in [0.25, 0.3) is 0 Å². The lowest BCUT2D eigenvalue weighted by Gasteiger charge is -2.27. The van der Waals surface area contributed by atoms with E-state index in [1.165, 1.54) is 32.3 Å². The van der Waals surface area contributed by atoms with Crippen LogP contribution in [0.3, 0.4) is 0 Å². The van der Waals surface area contributed by atoms with Gasteiger partial charge in [0.2, 0.25) is 0 Å². The van der Waals surface area contributed by atoms with Gasteiger partial charge in [-0.25, -0.2) is 0 Å². The number of fused-ring (bicyclic) bond motifs is 1. The Hall–Kier alpha value is -2.36. The van der Waals surface area contributed by atoms with E-state index in [2.05, 4.69) is 102 Å². The number of hydrogen-bond acceptors (Lipinski definition) is 2. The molecule has 0 atom stereocenters. The van der Waals surface area contributed by atoms with Crippen molar-refractivity contribution in [3.63, 3.8) is 0 Å². The molecule has 0 amide bonds. The van der Waals surface area contributed by atoms with E-state index in [-0.39, 0.29) is 4.08 Å². The average molecular weight is 386 g/mol. The molecule has 27 heavy (non-hydrogen) atoms. The van der Waals surface area contributed by atoms with Crippen LogP contribution in [0.5, 0.6) is 0 Å². The molecule has 3 heteroatoms. The third kappa shape index (κ3) is 3.11. The van der Waals surface area contributed by atoms with Gasteiger partial charge in [-0.3, -0.25) is 0 Å². The molecule has 1 aliphatic rings. The van der Waals surface area contributed by atoms with Crippen molar-refractivity contribution in [2.45, 2.75) is 20.3 Å². The Morgan fingerprint density at radius 3 is 1.89 bits per heavy atom. The van der Waals surface area contributed by atoms with Crippen molar-refractivity contribution in [2.75, 3.05) is 0 Å². The molecule has 0 radical (unpaired) electrons. The van der Waals surface area contributed by atoms with E-state index in [0.717, 1.165) is 6.42 Å². The number of nitrogens with one attached hydrogen (secondary N) is 1. The first-order chi connectivity index (χ1) is 13.3. The highest BCUT2D eigenvalue weighted by atomic mass is 32.2. The summed E-state index contributed by atoms with van der Waals surface area (Å²) in [7, 11) is 0. The molecule has 0 unspecified atom stereocenters. The Balaban J connectivity index is 1.55. The standard InChI is InChI=1S/C24H19NS2/c1-3-9-18(10-4-1)17-20-15-16-23(25-20)24(19-11-5-2-6-12-19)26-21-13-7-8-14-22(21)27-24/h1-16,25H,17H2. The molecule has 132 valence electrons. The zero-order valence-electron chi connectivity index (χ0n) is 14.8. The van der Waals surface area contributed by atoms with Crippen molar-refractivity contribution in [2.24, 2.45) is 0 Å². The zero-order valence-corrected chi connectivity index (χ0v) is 16.4. The van der Waals surface area contributed by atoms with Crippen LogP contribution < -0.4 is 0 Å². The maximum absolute atomic E-state index is 3.74. The van der Waals surface area contributed by atoms with Crippen LogP contribution in [0.1, 0.15) is 22.5 Å². The number of hydrogen-bond donors (Lipinski definition) is 1. The molecule has 3 aromatic carbocycles. The number of aromatic nitrogens is 1. The minimum atomic E-state index is -0.167. The molecule has 0 bridgehead atoms. The molecule has 1 N–H and O–H groups in total. The van der Waals surface area contributed by atoms with Crippen LogP contribution in [0, 0.1) is 0 Å². The van der Waals surface area contributed by atoms with E-state index in [9.17, 15) is 0 Å². The third-order valence-corrected chi connectivity index (χ3v) is 8.12. The maximum atomic E-state index is 3.74. The quantitative estimate of drug-likeness (QED) is 0.420. The van der Waals surface area contributed by atoms with E-state index in [0.29, 0.717) is 0 Å². The number of H-pyrrole nitrogens is 1. The molecule has 1 aliphatic heterocycles. The summed E-state index contributed by atoms with van der Waals surface area (Å²) >= 11 is 3.88. The fourth-order valence-electron chi connectivity index (χ4n) is 3.54. The van der Waals surface area contributed by atoms with Gasteiger partial charge in [-0.2, -0.15) is 0 Å². The highest BCUT2D eigenvalue weighted by molar-refractivity contribution is 8.20. The Labute approximate surface area is 168 Å². The smallest absolute Gasteiger partial charge is 0.135 e.